The Kier molecular flexibility index (Phi) is 5.07. The Bertz CT molecular complexity index is 920. The average molecular weight is 359 g/mol. The number of pyridine rings is 1. The zero-order valence-electron chi connectivity index (χ0n) is 13.2. The highest BCUT2D eigenvalue weighted by molar-refractivity contribution is 6.02. The summed E-state index contributed by atoms with van der Waals surface area (Å²) in [7, 11) is 0. The van der Waals surface area contributed by atoms with Crippen molar-refractivity contribution in [3.05, 3.63) is 77.5 Å². The lowest BCUT2D eigenvalue weighted by molar-refractivity contribution is 0.102. The lowest BCUT2D eigenvalue weighted by Gasteiger charge is -2.08. The summed E-state index contributed by atoms with van der Waals surface area (Å²) >= 11 is 0. The molecule has 0 radical (unpaired) electrons. The van der Waals surface area contributed by atoms with E-state index in [4.69, 9.17) is 0 Å². The molecular weight excluding hydrogens is 347 g/mol. The number of amides is 1. The van der Waals surface area contributed by atoms with Crippen LogP contribution in [0.25, 0.3) is 0 Å². The summed E-state index contributed by atoms with van der Waals surface area (Å²) in [6.07, 6.45) is 3.32. The van der Waals surface area contributed by atoms with E-state index in [1.807, 2.05) is 12.1 Å². The Morgan fingerprint density at radius 1 is 0.923 bits per heavy atom. The van der Waals surface area contributed by atoms with Crippen LogP contribution in [0.2, 0.25) is 0 Å². The number of anilines is 2. The molecule has 0 saturated heterocycles. The number of nitrogens with zero attached hydrogens (tertiary/aromatic N) is 3. The quantitative estimate of drug-likeness (QED) is 0.684. The molecule has 1 aromatic carbocycles. The summed E-state index contributed by atoms with van der Waals surface area (Å²) < 4.78 is 39.7. The fourth-order valence-corrected chi connectivity index (χ4v) is 2.05. The number of aromatic nitrogens is 3. The van der Waals surface area contributed by atoms with Gasteiger partial charge in [0.25, 0.3) is 5.91 Å². The van der Waals surface area contributed by atoms with Crippen molar-refractivity contribution in [1.82, 2.24) is 15.2 Å². The van der Waals surface area contributed by atoms with Crippen molar-refractivity contribution >= 4 is 17.4 Å². The van der Waals surface area contributed by atoms with Gasteiger partial charge in [-0.3, -0.25) is 9.78 Å². The minimum Gasteiger partial charge on any atom is -0.365 e. The first-order valence-electron chi connectivity index (χ1n) is 7.46. The molecule has 2 aromatic heterocycles. The maximum absolute atomic E-state index is 13.6. The van der Waals surface area contributed by atoms with E-state index in [0.29, 0.717) is 18.4 Å². The monoisotopic (exact) mass is 359 g/mol. The molecule has 0 fully saturated rings. The molecule has 1 amide bonds. The minimum absolute atomic E-state index is 0.108. The average Bonchev–Trinajstić information content (AvgIpc) is 2.68. The maximum atomic E-state index is 13.6. The highest BCUT2D eigenvalue weighted by Gasteiger charge is 2.16. The predicted molar refractivity (Wildman–Crippen MR) is 87.9 cm³/mol. The van der Waals surface area contributed by atoms with Gasteiger partial charge in [-0.25, -0.2) is 13.2 Å². The molecule has 0 bridgehead atoms. The van der Waals surface area contributed by atoms with Crippen molar-refractivity contribution in [2.75, 3.05) is 10.6 Å². The number of nitrogens with one attached hydrogen (secondary N) is 2. The van der Waals surface area contributed by atoms with Gasteiger partial charge in [0.05, 0.1) is 5.69 Å². The summed E-state index contributed by atoms with van der Waals surface area (Å²) in [4.78, 5) is 15.9. The number of hydrogen-bond acceptors (Lipinski definition) is 5. The SMILES string of the molecule is O=C(Nc1ccc(F)c(F)c1F)c1ccc(NCc2ccncc2)nn1. The molecule has 3 rings (SSSR count). The summed E-state index contributed by atoms with van der Waals surface area (Å²) in [6.45, 7) is 0.489. The Labute approximate surface area is 146 Å². The van der Waals surface area contributed by atoms with E-state index in [1.165, 1.54) is 12.1 Å². The molecule has 0 aliphatic heterocycles. The van der Waals surface area contributed by atoms with E-state index in [2.05, 4.69) is 25.8 Å². The Morgan fingerprint density at radius 2 is 1.69 bits per heavy atom. The minimum atomic E-state index is -1.66. The third-order valence-corrected chi connectivity index (χ3v) is 3.40. The molecule has 2 heterocycles. The molecular formula is C17H12F3N5O. The van der Waals surface area contributed by atoms with E-state index in [1.54, 1.807) is 12.4 Å². The van der Waals surface area contributed by atoms with Gasteiger partial charge in [-0.05, 0) is 42.0 Å². The molecule has 0 spiro atoms. The molecule has 26 heavy (non-hydrogen) atoms. The number of benzene rings is 1. The lowest BCUT2D eigenvalue weighted by atomic mass is 10.2. The summed E-state index contributed by atoms with van der Waals surface area (Å²) in [6, 6.07) is 8.19. The van der Waals surface area contributed by atoms with Crippen LogP contribution in [-0.4, -0.2) is 21.1 Å². The van der Waals surface area contributed by atoms with Crippen LogP contribution in [0.5, 0.6) is 0 Å². The van der Waals surface area contributed by atoms with Gasteiger partial charge in [0.1, 0.15) is 5.82 Å². The van der Waals surface area contributed by atoms with Gasteiger partial charge in [0, 0.05) is 18.9 Å². The Balaban J connectivity index is 1.64. The molecule has 0 unspecified atom stereocenters. The van der Waals surface area contributed by atoms with Gasteiger partial charge in [-0.2, -0.15) is 0 Å². The maximum Gasteiger partial charge on any atom is 0.276 e. The van der Waals surface area contributed by atoms with E-state index in [-0.39, 0.29) is 5.69 Å². The Hall–Kier alpha value is -3.49. The van der Waals surface area contributed by atoms with Crippen LogP contribution in [0.15, 0.2) is 48.8 Å². The van der Waals surface area contributed by atoms with Gasteiger partial charge in [-0.15, -0.1) is 10.2 Å². The largest absolute Gasteiger partial charge is 0.365 e. The number of halogens is 3. The fourth-order valence-electron chi connectivity index (χ4n) is 2.05. The van der Waals surface area contributed by atoms with Crippen LogP contribution in [-0.2, 0) is 6.54 Å². The fraction of sp³-hybridized carbons (Fsp3) is 0.0588. The number of carbonyl (C=O) groups is 1. The highest BCUT2D eigenvalue weighted by atomic mass is 19.2. The van der Waals surface area contributed by atoms with Gasteiger partial charge in [0.15, 0.2) is 23.1 Å². The zero-order valence-corrected chi connectivity index (χ0v) is 13.2. The molecule has 9 heteroatoms. The third-order valence-electron chi connectivity index (χ3n) is 3.40. The van der Waals surface area contributed by atoms with Crippen molar-refractivity contribution in [1.29, 1.82) is 0 Å². The van der Waals surface area contributed by atoms with Crippen LogP contribution in [0.3, 0.4) is 0 Å². The van der Waals surface area contributed by atoms with Gasteiger partial charge >= 0.3 is 0 Å². The Morgan fingerprint density at radius 3 is 2.38 bits per heavy atom. The van der Waals surface area contributed by atoms with E-state index in [9.17, 15) is 18.0 Å². The van der Waals surface area contributed by atoms with E-state index in [0.717, 1.165) is 11.6 Å². The number of hydrogen-bond donors (Lipinski definition) is 2. The molecule has 0 aliphatic rings. The normalized spacial score (nSPS) is 10.4. The van der Waals surface area contributed by atoms with Crippen LogP contribution in [0.1, 0.15) is 16.1 Å². The molecule has 0 aliphatic carbocycles. The molecule has 0 atom stereocenters. The highest BCUT2D eigenvalue weighted by Crippen LogP contribution is 2.20. The van der Waals surface area contributed by atoms with Crippen molar-refractivity contribution in [2.45, 2.75) is 6.54 Å². The smallest absolute Gasteiger partial charge is 0.276 e. The van der Waals surface area contributed by atoms with Crippen LogP contribution < -0.4 is 10.6 Å². The van der Waals surface area contributed by atoms with Crippen molar-refractivity contribution < 1.29 is 18.0 Å². The molecule has 6 nitrogen and oxygen atoms in total. The lowest BCUT2D eigenvalue weighted by Crippen LogP contribution is -2.16. The van der Waals surface area contributed by atoms with Crippen LogP contribution in [0.4, 0.5) is 24.7 Å². The van der Waals surface area contributed by atoms with Gasteiger partial charge in [0.2, 0.25) is 0 Å². The first-order chi connectivity index (χ1) is 12.5. The first-order valence-corrected chi connectivity index (χ1v) is 7.46. The van der Waals surface area contributed by atoms with Gasteiger partial charge < -0.3 is 10.6 Å². The standard InChI is InChI=1S/C17H12F3N5O/c18-11-1-2-12(16(20)15(11)19)23-17(26)13-3-4-14(25-24-13)22-9-10-5-7-21-8-6-10/h1-8H,9H2,(H,22,25)(H,23,26). The predicted octanol–water partition coefficient (Wildman–Crippen LogP) is 3.15. The van der Waals surface area contributed by atoms with Crippen molar-refractivity contribution in [2.24, 2.45) is 0 Å². The van der Waals surface area contributed by atoms with Crippen LogP contribution in [0, 0.1) is 17.5 Å². The second-order valence-corrected chi connectivity index (χ2v) is 5.19. The van der Waals surface area contributed by atoms with E-state index >= 15 is 0 Å². The molecule has 3 aromatic rings. The molecule has 132 valence electrons. The van der Waals surface area contributed by atoms with Crippen LogP contribution >= 0.6 is 0 Å². The summed E-state index contributed by atoms with van der Waals surface area (Å²) in [5.74, 6) is -4.86. The molecule has 2 N–H and O–H groups in total. The molecule has 0 saturated carbocycles. The van der Waals surface area contributed by atoms with Crippen molar-refractivity contribution in [3.8, 4) is 0 Å². The topological polar surface area (TPSA) is 79.8 Å². The zero-order chi connectivity index (χ0) is 18.5. The van der Waals surface area contributed by atoms with E-state index < -0.39 is 29.0 Å². The second kappa shape index (κ2) is 7.60. The number of rotatable bonds is 5. The second-order valence-electron chi connectivity index (χ2n) is 5.19. The summed E-state index contributed by atoms with van der Waals surface area (Å²) in [5.41, 5.74) is 0.386. The number of carbonyl (C=O) groups excluding carboxylic acids is 1. The van der Waals surface area contributed by atoms with Gasteiger partial charge in [-0.1, -0.05) is 0 Å². The van der Waals surface area contributed by atoms with Crippen molar-refractivity contribution in [3.63, 3.8) is 0 Å². The first kappa shape index (κ1) is 17.3. The summed E-state index contributed by atoms with van der Waals surface area (Å²) in [5, 5.41) is 12.7. The third kappa shape index (κ3) is 3.94.